The van der Waals surface area contributed by atoms with Gasteiger partial charge in [-0.25, -0.2) is 0 Å². The van der Waals surface area contributed by atoms with Crippen LogP contribution in [0.3, 0.4) is 0 Å². The van der Waals surface area contributed by atoms with Gasteiger partial charge in [0.1, 0.15) is 0 Å². The lowest BCUT2D eigenvalue weighted by atomic mass is 9.88. The van der Waals surface area contributed by atoms with Crippen LogP contribution in [0.4, 0.5) is 0 Å². The Bertz CT molecular complexity index is 333. The lowest BCUT2D eigenvalue weighted by Gasteiger charge is -2.22. The molecule has 0 aromatic heterocycles. The van der Waals surface area contributed by atoms with Crippen LogP contribution in [0.15, 0.2) is 24.3 Å². The third-order valence-corrected chi connectivity index (χ3v) is 3.67. The molecule has 0 amide bonds. The van der Waals surface area contributed by atoms with Gasteiger partial charge in [0.05, 0.1) is 6.10 Å². The molecule has 0 saturated carbocycles. The van der Waals surface area contributed by atoms with Crippen molar-refractivity contribution in [3.05, 3.63) is 35.4 Å². The number of hydrogen-bond donors (Lipinski definition) is 1. The van der Waals surface area contributed by atoms with Gasteiger partial charge in [-0.2, -0.15) is 0 Å². The number of rotatable bonds is 3. The predicted octanol–water partition coefficient (Wildman–Crippen LogP) is 2.67. The number of ether oxygens (including phenoxy) is 1. The summed E-state index contributed by atoms with van der Waals surface area (Å²) in [7, 11) is 0. The molecule has 2 rings (SSSR count). The van der Waals surface area contributed by atoms with E-state index in [1.54, 1.807) is 0 Å². The van der Waals surface area contributed by atoms with Crippen LogP contribution >= 0.6 is 0 Å². The molecule has 3 atom stereocenters. The van der Waals surface area contributed by atoms with Crippen LogP contribution in [0.25, 0.3) is 0 Å². The van der Waals surface area contributed by atoms with Crippen molar-refractivity contribution in [1.29, 1.82) is 0 Å². The smallest absolute Gasteiger partial charge is 0.0594 e. The van der Waals surface area contributed by atoms with E-state index < -0.39 is 0 Å². The molecule has 1 aromatic carbocycles. The second-order valence-electron chi connectivity index (χ2n) is 4.65. The monoisotopic (exact) mass is 219 g/mol. The van der Waals surface area contributed by atoms with Crippen molar-refractivity contribution in [2.45, 2.75) is 38.8 Å². The summed E-state index contributed by atoms with van der Waals surface area (Å²) in [6.07, 6.45) is 2.46. The lowest BCUT2D eigenvalue weighted by molar-refractivity contribution is 0.0995. The highest BCUT2D eigenvalue weighted by Gasteiger charge is 2.30. The maximum Gasteiger partial charge on any atom is 0.0594 e. The summed E-state index contributed by atoms with van der Waals surface area (Å²) in [5.74, 6) is 0.465. The van der Waals surface area contributed by atoms with Crippen LogP contribution in [0.5, 0.6) is 0 Å². The van der Waals surface area contributed by atoms with Crippen LogP contribution in [-0.2, 0) is 11.2 Å². The van der Waals surface area contributed by atoms with E-state index in [0.717, 1.165) is 19.4 Å². The molecule has 0 aliphatic carbocycles. The second-order valence-corrected chi connectivity index (χ2v) is 4.65. The Kier molecular flexibility index (Phi) is 3.62. The summed E-state index contributed by atoms with van der Waals surface area (Å²) >= 11 is 0. The Morgan fingerprint density at radius 2 is 2.06 bits per heavy atom. The van der Waals surface area contributed by atoms with Gasteiger partial charge in [0.15, 0.2) is 0 Å². The minimum Gasteiger partial charge on any atom is -0.378 e. The van der Waals surface area contributed by atoms with Gasteiger partial charge in [-0.15, -0.1) is 0 Å². The zero-order valence-corrected chi connectivity index (χ0v) is 10.1. The lowest BCUT2D eigenvalue weighted by Crippen LogP contribution is -2.26. The standard InChI is InChI=1S/C14H21NO/c1-3-11-4-6-12(7-5-11)14(15)13-8-9-16-10(13)2/h4-7,10,13-14H,3,8-9,15H2,1-2H3. The average molecular weight is 219 g/mol. The van der Waals surface area contributed by atoms with Crippen molar-refractivity contribution in [3.63, 3.8) is 0 Å². The van der Waals surface area contributed by atoms with Crippen molar-refractivity contribution in [2.24, 2.45) is 11.7 Å². The molecule has 2 N–H and O–H groups in total. The fourth-order valence-electron chi connectivity index (χ4n) is 2.44. The molecule has 1 aliphatic rings. The van der Waals surface area contributed by atoms with Gasteiger partial charge in [0, 0.05) is 18.6 Å². The minimum atomic E-state index is 0.114. The molecular weight excluding hydrogens is 198 g/mol. The summed E-state index contributed by atoms with van der Waals surface area (Å²) in [6, 6.07) is 8.79. The van der Waals surface area contributed by atoms with Crippen molar-refractivity contribution in [3.8, 4) is 0 Å². The molecule has 1 heterocycles. The first-order chi connectivity index (χ1) is 7.72. The Morgan fingerprint density at radius 1 is 1.38 bits per heavy atom. The number of benzene rings is 1. The van der Waals surface area contributed by atoms with Crippen LogP contribution in [0.2, 0.25) is 0 Å². The molecule has 1 saturated heterocycles. The van der Waals surface area contributed by atoms with E-state index in [-0.39, 0.29) is 6.04 Å². The Balaban J connectivity index is 2.10. The maximum absolute atomic E-state index is 6.30. The minimum absolute atomic E-state index is 0.114. The Hall–Kier alpha value is -0.860. The number of aryl methyl sites for hydroxylation is 1. The zero-order chi connectivity index (χ0) is 11.5. The van der Waals surface area contributed by atoms with Gasteiger partial charge >= 0.3 is 0 Å². The van der Waals surface area contributed by atoms with E-state index in [1.807, 2.05) is 0 Å². The molecule has 2 nitrogen and oxygen atoms in total. The van der Waals surface area contributed by atoms with E-state index >= 15 is 0 Å². The maximum atomic E-state index is 6.30. The van der Waals surface area contributed by atoms with Gasteiger partial charge in [0.2, 0.25) is 0 Å². The highest BCUT2D eigenvalue weighted by molar-refractivity contribution is 5.25. The van der Waals surface area contributed by atoms with Gasteiger partial charge < -0.3 is 10.5 Å². The average Bonchev–Trinajstić information content (AvgIpc) is 2.75. The summed E-state index contributed by atoms with van der Waals surface area (Å²) in [6.45, 7) is 5.15. The molecule has 1 fully saturated rings. The number of nitrogens with two attached hydrogens (primary N) is 1. The molecule has 16 heavy (non-hydrogen) atoms. The van der Waals surface area contributed by atoms with Crippen molar-refractivity contribution >= 4 is 0 Å². The molecule has 0 radical (unpaired) electrons. The summed E-state index contributed by atoms with van der Waals surface area (Å²) < 4.78 is 5.57. The van der Waals surface area contributed by atoms with Gasteiger partial charge in [-0.1, -0.05) is 31.2 Å². The largest absolute Gasteiger partial charge is 0.378 e. The quantitative estimate of drug-likeness (QED) is 0.848. The predicted molar refractivity (Wildman–Crippen MR) is 66.3 cm³/mol. The third kappa shape index (κ3) is 2.28. The SMILES string of the molecule is CCc1ccc(C(N)C2CCOC2C)cc1. The second kappa shape index (κ2) is 4.98. The Labute approximate surface area is 97.8 Å². The van der Waals surface area contributed by atoms with Crippen LogP contribution < -0.4 is 5.73 Å². The summed E-state index contributed by atoms with van der Waals surface area (Å²) in [4.78, 5) is 0. The zero-order valence-electron chi connectivity index (χ0n) is 10.1. The van der Waals surface area contributed by atoms with Crippen LogP contribution in [0.1, 0.15) is 37.4 Å². The first-order valence-corrected chi connectivity index (χ1v) is 6.18. The van der Waals surface area contributed by atoms with Gasteiger partial charge in [-0.3, -0.25) is 0 Å². The molecule has 1 aromatic rings. The molecule has 0 bridgehead atoms. The fourth-order valence-corrected chi connectivity index (χ4v) is 2.44. The fraction of sp³-hybridized carbons (Fsp3) is 0.571. The molecule has 0 spiro atoms. The Morgan fingerprint density at radius 3 is 2.56 bits per heavy atom. The van der Waals surface area contributed by atoms with E-state index in [1.165, 1.54) is 11.1 Å². The van der Waals surface area contributed by atoms with Crippen molar-refractivity contribution < 1.29 is 4.74 Å². The normalized spacial score (nSPS) is 26.9. The van der Waals surface area contributed by atoms with E-state index in [2.05, 4.69) is 38.1 Å². The molecule has 88 valence electrons. The van der Waals surface area contributed by atoms with Crippen LogP contribution in [-0.4, -0.2) is 12.7 Å². The summed E-state index contributed by atoms with van der Waals surface area (Å²) in [5.41, 5.74) is 8.91. The van der Waals surface area contributed by atoms with Crippen molar-refractivity contribution in [1.82, 2.24) is 0 Å². The number of hydrogen-bond acceptors (Lipinski definition) is 2. The highest BCUT2D eigenvalue weighted by Crippen LogP contribution is 2.31. The molecule has 1 aliphatic heterocycles. The third-order valence-electron chi connectivity index (χ3n) is 3.67. The summed E-state index contributed by atoms with van der Waals surface area (Å²) in [5, 5.41) is 0. The first-order valence-electron chi connectivity index (χ1n) is 6.18. The first kappa shape index (κ1) is 11.6. The molecule has 3 unspecified atom stereocenters. The highest BCUT2D eigenvalue weighted by atomic mass is 16.5. The van der Waals surface area contributed by atoms with E-state index in [9.17, 15) is 0 Å². The van der Waals surface area contributed by atoms with E-state index in [0.29, 0.717) is 12.0 Å². The van der Waals surface area contributed by atoms with Crippen molar-refractivity contribution in [2.75, 3.05) is 6.61 Å². The molecular formula is C14H21NO. The topological polar surface area (TPSA) is 35.2 Å². The molecule has 2 heteroatoms. The van der Waals surface area contributed by atoms with E-state index in [4.69, 9.17) is 10.5 Å². The van der Waals surface area contributed by atoms with Gasteiger partial charge in [-0.05, 0) is 30.9 Å². The van der Waals surface area contributed by atoms with Gasteiger partial charge in [0.25, 0.3) is 0 Å². The van der Waals surface area contributed by atoms with Crippen LogP contribution in [0, 0.1) is 5.92 Å².